The molecule has 1 aromatic rings. The van der Waals surface area contributed by atoms with Crippen LogP contribution < -0.4 is 4.90 Å². The molecule has 0 bridgehead atoms. The minimum atomic E-state index is -1.14. The number of halogens is 1. The average Bonchev–Trinajstić information content (AvgIpc) is 3.15. The van der Waals surface area contributed by atoms with Crippen LogP contribution in [-0.2, 0) is 0 Å². The van der Waals surface area contributed by atoms with Crippen LogP contribution in [0.3, 0.4) is 0 Å². The fourth-order valence-electron chi connectivity index (χ4n) is 1.78. The Morgan fingerprint density at radius 1 is 1.61 bits per heavy atom. The first-order chi connectivity index (χ1) is 8.63. The molecule has 2 rings (SSSR count). The highest BCUT2D eigenvalue weighted by atomic mass is 35.5. The zero-order valence-electron chi connectivity index (χ0n) is 9.64. The van der Waals surface area contributed by atoms with Crippen LogP contribution in [0.5, 0.6) is 0 Å². The lowest BCUT2D eigenvalue weighted by Gasteiger charge is -2.22. The van der Waals surface area contributed by atoms with Crippen LogP contribution in [0.4, 0.5) is 5.82 Å². The number of carboxylic acids is 1. The molecule has 0 saturated heterocycles. The Hall–Kier alpha value is -1.80. The van der Waals surface area contributed by atoms with Gasteiger partial charge in [0.25, 0.3) is 0 Å². The summed E-state index contributed by atoms with van der Waals surface area (Å²) in [5.41, 5.74) is -0.142. The zero-order chi connectivity index (χ0) is 13.1. The van der Waals surface area contributed by atoms with Crippen molar-refractivity contribution in [1.29, 1.82) is 5.26 Å². The van der Waals surface area contributed by atoms with E-state index in [1.807, 2.05) is 4.90 Å². The standard InChI is InChI=1S/C12H12ClN3O2/c13-9-4-5-10(15-11(9)12(17)18)16(7-1-6-14)8-2-3-8/h4-5,8H,1-3,7H2,(H,17,18). The first-order valence-corrected chi connectivity index (χ1v) is 6.04. The first-order valence-electron chi connectivity index (χ1n) is 5.67. The molecule has 1 heterocycles. The van der Waals surface area contributed by atoms with Crippen LogP contribution in [0.2, 0.25) is 5.02 Å². The molecule has 1 fully saturated rings. The van der Waals surface area contributed by atoms with Gasteiger partial charge >= 0.3 is 5.97 Å². The molecule has 0 radical (unpaired) electrons. The topological polar surface area (TPSA) is 77.2 Å². The van der Waals surface area contributed by atoms with E-state index in [2.05, 4.69) is 11.1 Å². The summed E-state index contributed by atoms with van der Waals surface area (Å²) < 4.78 is 0. The van der Waals surface area contributed by atoms with Gasteiger partial charge < -0.3 is 10.0 Å². The monoisotopic (exact) mass is 265 g/mol. The molecule has 1 aliphatic rings. The van der Waals surface area contributed by atoms with Gasteiger partial charge in [-0.15, -0.1) is 0 Å². The molecule has 1 aliphatic carbocycles. The fraction of sp³-hybridized carbons (Fsp3) is 0.417. The summed E-state index contributed by atoms with van der Waals surface area (Å²) in [6.07, 6.45) is 2.50. The number of rotatable bonds is 5. The molecule has 1 saturated carbocycles. The molecule has 18 heavy (non-hydrogen) atoms. The average molecular weight is 266 g/mol. The van der Waals surface area contributed by atoms with Gasteiger partial charge in [0.2, 0.25) is 0 Å². The summed E-state index contributed by atoms with van der Waals surface area (Å²) in [5.74, 6) is -0.563. The number of hydrogen-bond donors (Lipinski definition) is 1. The molecule has 6 heteroatoms. The third-order valence-electron chi connectivity index (χ3n) is 2.78. The van der Waals surface area contributed by atoms with Crippen molar-refractivity contribution in [1.82, 2.24) is 4.98 Å². The third kappa shape index (κ3) is 2.71. The van der Waals surface area contributed by atoms with E-state index >= 15 is 0 Å². The number of anilines is 1. The quantitative estimate of drug-likeness (QED) is 0.884. The normalized spacial score (nSPS) is 14.0. The predicted molar refractivity (Wildman–Crippen MR) is 66.8 cm³/mol. The molecular formula is C12H12ClN3O2. The third-order valence-corrected chi connectivity index (χ3v) is 3.09. The number of nitrogens with zero attached hydrogens (tertiary/aromatic N) is 3. The van der Waals surface area contributed by atoms with Gasteiger partial charge in [0.05, 0.1) is 17.5 Å². The summed E-state index contributed by atoms with van der Waals surface area (Å²) in [6, 6.07) is 5.69. The van der Waals surface area contributed by atoms with E-state index in [-0.39, 0.29) is 10.7 Å². The van der Waals surface area contributed by atoms with Gasteiger partial charge in [-0.1, -0.05) is 11.6 Å². The minimum absolute atomic E-state index is 0.127. The van der Waals surface area contributed by atoms with Crippen molar-refractivity contribution in [3.05, 3.63) is 22.8 Å². The molecule has 1 aromatic heterocycles. The molecule has 1 N–H and O–H groups in total. The minimum Gasteiger partial charge on any atom is -0.476 e. The van der Waals surface area contributed by atoms with E-state index < -0.39 is 5.97 Å². The predicted octanol–water partition coefficient (Wildman–Crippen LogP) is 2.32. The number of carbonyl (C=O) groups is 1. The Labute approximate surface area is 110 Å². The Morgan fingerprint density at radius 2 is 2.33 bits per heavy atom. The van der Waals surface area contributed by atoms with E-state index in [4.69, 9.17) is 22.0 Å². The van der Waals surface area contributed by atoms with Crippen LogP contribution in [0.1, 0.15) is 29.8 Å². The van der Waals surface area contributed by atoms with Crippen LogP contribution in [0.15, 0.2) is 12.1 Å². The second-order valence-corrected chi connectivity index (χ2v) is 4.54. The molecular weight excluding hydrogens is 254 g/mol. The van der Waals surface area contributed by atoms with E-state index in [1.54, 1.807) is 6.07 Å². The molecule has 5 nitrogen and oxygen atoms in total. The lowest BCUT2D eigenvalue weighted by molar-refractivity contribution is 0.0691. The molecule has 94 valence electrons. The highest BCUT2D eigenvalue weighted by Gasteiger charge is 2.30. The maximum atomic E-state index is 11.0. The van der Waals surface area contributed by atoms with E-state index in [0.29, 0.717) is 24.8 Å². The van der Waals surface area contributed by atoms with Gasteiger partial charge in [-0.3, -0.25) is 0 Å². The van der Waals surface area contributed by atoms with Gasteiger partial charge in [0, 0.05) is 12.6 Å². The molecule has 0 unspecified atom stereocenters. The first kappa shape index (κ1) is 12.7. The Kier molecular flexibility index (Phi) is 3.68. The molecule has 0 spiro atoms. The van der Waals surface area contributed by atoms with E-state index in [9.17, 15) is 4.79 Å². The van der Waals surface area contributed by atoms with Gasteiger partial charge in [-0.25, -0.2) is 9.78 Å². The lowest BCUT2D eigenvalue weighted by atomic mass is 10.3. The molecule has 0 aromatic carbocycles. The number of pyridine rings is 1. The van der Waals surface area contributed by atoms with E-state index in [0.717, 1.165) is 12.8 Å². The molecule has 0 aliphatic heterocycles. The Bertz CT molecular complexity index is 509. The van der Waals surface area contributed by atoms with Crippen LogP contribution in [0.25, 0.3) is 0 Å². The van der Waals surface area contributed by atoms with Gasteiger partial charge in [0.1, 0.15) is 5.82 Å². The maximum absolute atomic E-state index is 11.0. The van der Waals surface area contributed by atoms with Crippen LogP contribution >= 0.6 is 11.6 Å². The summed E-state index contributed by atoms with van der Waals surface area (Å²) >= 11 is 5.78. The number of hydrogen-bond acceptors (Lipinski definition) is 4. The highest BCUT2D eigenvalue weighted by molar-refractivity contribution is 6.33. The Morgan fingerprint density at radius 3 is 2.89 bits per heavy atom. The van der Waals surface area contributed by atoms with Gasteiger partial charge in [-0.05, 0) is 25.0 Å². The maximum Gasteiger partial charge on any atom is 0.356 e. The number of carboxylic acid groups (broad SMARTS) is 1. The molecule has 0 atom stereocenters. The summed E-state index contributed by atoms with van der Waals surface area (Å²) in [5, 5.41) is 17.8. The van der Waals surface area contributed by atoms with Gasteiger partial charge in [-0.2, -0.15) is 5.26 Å². The number of aromatic nitrogens is 1. The van der Waals surface area contributed by atoms with Crippen molar-refractivity contribution < 1.29 is 9.90 Å². The summed E-state index contributed by atoms with van der Waals surface area (Å²) in [7, 11) is 0. The van der Waals surface area contributed by atoms with Crippen molar-refractivity contribution in [2.75, 3.05) is 11.4 Å². The summed E-state index contributed by atoms with van der Waals surface area (Å²) in [4.78, 5) is 17.0. The van der Waals surface area contributed by atoms with Crippen molar-refractivity contribution in [3.8, 4) is 6.07 Å². The van der Waals surface area contributed by atoms with Crippen molar-refractivity contribution in [2.45, 2.75) is 25.3 Å². The zero-order valence-corrected chi connectivity index (χ0v) is 10.4. The van der Waals surface area contributed by atoms with Crippen LogP contribution in [0, 0.1) is 11.3 Å². The van der Waals surface area contributed by atoms with Crippen molar-refractivity contribution >= 4 is 23.4 Å². The Balaban J connectivity index is 2.27. The van der Waals surface area contributed by atoms with Crippen molar-refractivity contribution in [3.63, 3.8) is 0 Å². The van der Waals surface area contributed by atoms with Gasteiger partial charge in [0.15, 0.2) is 5.69 Å². The van der Waals surface area contributed by atoms with Crippen molar-refractivity contribution in [2.24, 2.45) is 0 Å². The second kappa shape index (κ2) is 5.23. The largest absolute Gasteiger partial charge is 0.476 e. The molecule has 0 amide bonds. The second-order valence-electron chi connectivity index (χ2n) is 4.14. The number of aromatic carboxylic acids is 1. The van der Waals surface area contributed by atoms with E-state index in [1.165, 1.54) is 6.07 Å². The lowest BCUT2D eigenvalue weighted by Crippen LogP contribution is -2.28. The van der Waals surface area contributed by atoms with Crippen LogP contribution in [-0.4, -0.2) is 28.6 Å². The highest BCUT2D eigenvalue weighted by Crippen LogP contribution is 2.31. The summed E-state index contributed by atoms with van der Waals surface area (Å²) in [6.45, 7) is 0.564. The fourth-order valence-corrected chi connectivity index (χ4v) is 1.97. The SMILES string of the molecule is N#CCCN(c1ccc(Cl)c(C(=O)O)n1)C1CC1. The smallest absolute Gasteiger partial charge is 0.356 e. The number of nitriles is 1.